The van der Waals surface area contributed by atoms with Gasteiger partial charge in [0.1, 0.15) is 11.6 Å². The molecule has 4 rings (SSSR count). The van der Waals surface area contributed by atoms with Gasteiger partial charge < -0.3 is 10.1 Å². The van der Waals surface area contributed by atoms with E-state index >= 15 is 0 Å². The molecule has 0 unspecified atom stereocenters. The van der Waals surface area contributed by atoms with Crippen LogP contribution in [0.4, 0.5) is 0 Å². The molecule has 1 aliphatic rings. The Bertz CT molecular complexity index is 947. The number of aromatic nitrogens is 3. The topological polar surface area (TPSA) is 79.9 Å². The van der Waals surface area contributed by atoms with Crippen LogP contribution < -0.4 is 10.1 Å². The van der Waals surface area contributed by atoms with Gasteiger partial charge in [0.2, 0.25) is 0 Å². The van der Waals surface area contributed by atoms with E-state index in [4.69, 9.17) is 4.74 Å². The van der Waals surface area contributed by atoms with Crippen LogP contribution in [0.1, 0.15) is 34.2 Å². The Morgan fingerprint density at radius 2 is 2.07 bits per heavy atom. The number of nitrogens with one attached hydrogen (secondary N) is 2. The Balaban J connectivity index is 1.33. The zero-order chi connectivity index (χ0) is 18.6. The first-order chi connectivity index (χ1) is 13.2. The number of carbonyl (C=O) groups is 1. The van der Waals surface area contributed by atoms with Gasteiger partial charge in [-0.3, -0.25) is 9.89 Å². The van der Waals surface area contributed by atoms with Crippen molar-refractivity contribution >= 4 is 5.91 Å². The predicted octanol–water partition coefficient (Wildman–Crippen LogP) is 2.94. The highest BCUT2D eigenvalue weighted by molar-refractivity contribution is 5.94. The number of ether oxygens (including phenoxy) is 1. The summed E-state index contributed by atoms with van der Waals surface area (Å²) in [6.45, 7) is 3.38. The standard InChI is InChI=1S/C21H22N4O2/c1-2-19-23-20(25-24-19)15-4-6-16(7-5-15)21(26)22-11-9-14-3-8-18-17(13-14)10-12-27-18/h3-8,13H,2,9-12H2,1H3,(H,22,26)(H,23,24,25). The van der Waals surface area contributed by atoms with Crippen LogP contribution in [0.5, 0.6) is 5.75 Å². The van der Waals surface area contributed by atoms with E-state index in [0.29, 0.717) is 17.9 Å². The molecular formula is C21H22N4O2. The minimum absolute atomic E-state index is 0.0738. The SMILES string of the molecule is CCc1nc(-c2ccc(C(=O)NCCc3ccc4c(c3)CCO4)cc2)n[nH]1. The predicted molar refractivity (Wildman–Crippen MR) is 103 cm³/mol. The van der Waals surface area contributed by atoms with Crippen LogP contribution in [0.15, 0.2) is 42.5 Å². The molecule has 3 aromatic rings. The molecule has 0 saturated heterocycles. The van der Waals surface area contributed by atoms with Crippen molar-refractivity contribution in [3.05, 3.63) is 65.0 Å². The van der Waals surface area contributed by atoms with Gasteiger partial charge in [-0.15, -0.1) is 0 Å². The summed E-state index contributed by atoms with van der Waals surface area (Å²) in [4.78, 5) is 16.8. The number of rotatable bonds is 6. The highest BCUT2D eigenvalue weighted by Crippen LogP contribution is 2.25. The van der Waals surface area contributed by atoms with Gasteiger partial charge in [-0.1, -0.05) is 31.2 Å². The molecule has 0 aliphatic carbocycles. The van der Waals surface area contributed by atoms with Crippen molar-refractivity contribution in [2.75, 3.05) is 13.2 Å². The maximum Gasteiger partial charge on any atom is 0.251 e. The van der Waals surface area contributed by atoms with E-state index in [0.717, 1.165) is 43.0 Å². The third-order valence-corrected chi connectivity index (χ3v) is 4.72. The molecule has 138 valence electrons. The van der Waals surface area contributed by atoms with Gasteiger partial charge in [0.15, 0.2) is 5.82 Å². The quantitative estimate of drug-likeness (QED) is 0.707. The first-order valence-electron chi connectivity index (χ1n) is 9.27. The summed E-state index contributed by atoms with van der Waals surface area (Å²) in [6, 6.07) is 13.6. The lowest BCUT2D eigenvalue weighted by atomic mass is 10.1. The van der Waals surface area contributed by atoms with Gasteiger partial charge in [-0.25, -0.2) is 4.98 Å². The second-order valence-corrected chi connectivity index (χ2v) is 6.58. The first-order valence-corrected chi connectivity index (χ1v) is 9.27. The van der Waals surface area contributed by atoms with Crippen molar-refractivity contribution in [2.45, 2.75) is 26.2 Å². The molecule has 2 N–H and O–H groups in total. The number of benzene rings is 2. The molecule has 1 aromatic heterocycles. The van der Waals surface area contributed by atoms with Crippen LogP contribution >= 0.6 is 0 Å². The van der Waals surface area contributed by atoms with Gasteiger partial charge in [0, 0.05) is 30.5 Å². The smallest absolute Gasteiger partial charge is 0.251 e. The Labute approximate surface area is 158 Å². The molecule has 27 heavy (non-hydrogen) atoms. The summed E-state index contributed by atoms with van der Waals surface area (Å²) in [6.07, 6.45) is 2.57. The second kappa shape index (κ2) is 7.61. The van der Waals surface area contributed by atoms with Crippen molar-refractivity contribution in [3.63, 3.8) is 0 Å². The molecule has 0 spiro atoms. The monoisotopic (exact) mass is 362 g/mol. The average molecular weight is 362 g/mol. The minimum Gasteiger partial charge on any atom is -0.493 e. The fraction of sp³-hybridized carbons (Fsp3) is 0.286. The number of amides is 1. The lowest BCUT2D eigenvalue weighted by molar-refractivity contribution is 0.0954. The zero-order valence-corrected chi connectivity index (χ0v) is 15.3. The van der Waals surface area contributed by atoms with Crippen molar-refractivity contribution in [1.82, 2.24) is 20.5 Å². The fourth-order valence-electron chi connectivity index (χ4n) is 3.17. The Hall–Kier alpha value is -3.15. The third kappa shape index (κ3) is 3.84. The second-order valence-electron chi connectivity index (χ2n) is 6.58. The molecule has 1 amide bonds. The highest BCUT2D eigenvalue weighted by atomic mass is 16.5. The van der Waals surface area contributed by atoms with Crippen molar-refractivity contribution in [3.8, 4) is 17.1 Å². The van der Waals surface area contributed by atoms with E-state index in [1.165, 1.54) is 11.1 Å². The van der Waals surface area contributed by atoms with Gasteiger partial charge >= 0.3 is 0 Å². The molecule has 0 bridgehead atoms. The van der Waals surface area contributed by atoms with Gasteiger partial charge in [0.25, 0.3) is 5.91 Å². The highest BCUT2D eigenvalue weighted by Gasteiger charge is 2.12. The molecule has 2 heterocycles. The third-order valence-electron chi connectivity index (χ3n) is 4.72. The van der Waals surface area contributed by atoms with E-state index < -0.39 is 0 Å². The molecule has 0 fully saturated rings. The van der Waals surface area contributed by atoms with Gasteiger partial charge in [0.05, 0.1) is 6.61 Å². The van der Waals surface area contributed by atoms with E-state index in [2.05, 4.69) is 32.6 Å². The molecule has 0 saturated carbocycles. The van der Waals surface area contributed by atoms with Crippen LogP contribution in [0.2, 0.25) is 0 Å². The summed E-state index contributed by atoms with van der Waals surface area (Å²) in [5.74, 6) is 2.42. The molecule has 0 atom stereocenters. The Morgan fingerprint density at radius 1 is 1.22 bits per heavy atom. The number of fused-ring (bicyclic) bond motifs is 1. The minimum atomic E-state index is -0.0738. The summed E-state index contributed by atoms with van der Waals surface area (Å²) in [5, 5.41) is 10.1. The van der Waals surface area contributed by atoms with Gasteiger partial charge in [-0.05, 0) is 35.7 Å². The largest absolute Gasteiger partial charge is 0.493 e. The zero-order valence-electron chi connectivity index (χ0n) is 15.3. The number of hydrogen-bond acceptors (Lipinski definition) is 4. The Kier molecular flexibility index (Phi) is 4.87. The Morgan fingerprint density at radius 3 is 2.85 bits per heavy atom. The molecule has 0 radical (unpaired) electrons. The first kappa shape index (κ1) is 17.3. The van der Waals surface area contributed by atoms with E-state index in [-0.39, 0.29) is 5.91 Å². The van der Waals surface area contributed by atoms with Crippen LogP contribution in [0.3, 0.4) is 0 Å². The fourth-order valence-corrected chi connectivity index (χ4v) is 3.17. The number of aryl methyl sites for hydroxylation is 1. The maximum absolute atomic E-state index is 12.4. The number of H-pyrrole nitrogens is 1. The van der Waals surface area contributed by atoms with E-state index in [1.807, 2.05) is 25.1 Å². The summed E-state index contributed by atoms with van der Waals surface area (Å²) in [5.41, 5.74) is 3.99. The molecule has 6 heteroatoms. The molecule has 6 nitrogen and oxygen atoms in total. The lowest BCUT2D eigenvalue weighted by Gasteiger charge is -2.07. The summed E-state index contributed by atoms with van der Waals surface area (Å²) in [7, 11) is 0. The lowest BCUT2D eigenvalue weighted by Crippen LogP contribution is -2.25. The van der Waals surface area contributed by atoms with E-state index in [1.54, 1.807) is 12.1 Å². The van der Waals surface area contributed by atoms with Crippen molar-refractivity contribution in [1.29, 1.82) is 0 Å². The average Bonchev–Trinajstić information content (AvgIpc) is 3.37. The molecule has 1 aliphatic heterocycles. The van der Waals surface area contributed by atoms with Crippen LogP contribution in [-0.2, 0) is 19.3 Å². The van der Waals surface area contributed by atoms with E-state index in [9.17, 15) is 4.79 Å². The number of nitrogens with zero attached hydrogens (tertiary/aromatic N) is 2. The van der Waals surface area contributed by atoms with Crippen LogP contribution in [0, 0.1) is 0 Å². The van der Waals surface area contributed by atoms with Crippen LogP contribution in [-0.4, -0.2) is 34.2 Å². The number of hydrogen-bond donors (Lipinski definition) is 2. The van der Waals surface area contributed by atoms with Crippen LogP contribution in [0.25, 0.3) is 11.4 Å². The number of carbonyl (C=O) groups excluding carboxylic acids is 1. The normalized spacial score (nSPS) is 12.5. The summed E-state index contributed by atoms with van der Waals surface area (Å²) < 4.78 is 5.52. The molecular weight excluding hydrogens is 340 g/mol. The summed E-state index contributed by atoms with van der Waals surface area (Å²) >= 11 is 0. The maximum atomic E-state index is 12.4. The number of aromatic amines is 1. The molecule has 2 aromatic carbocycles. The van der Waals surface area contributed by atoms with Gasteiger partial charge in [-0.2, -0.15) is 5.10 Å². The van der Waals surface area contributed by atoms with Crippen molar-refractivity contribution < 1.29 is 9.53 Å². The van der Waals surface area contributed by atoms with Crippen molar-refractivity contribution in [2.24, 2.45) is 0 Å².